The van der Waals surface area contributed by atoms with Crippen LogP contribution in [0.3, 0.4) is 0 Å². The van der Waals surface area contributed by atoms with Crippen molar-refractivity contribution in [2.45, 2.75) is 58.2 Å². The van der Waals surface area contributed by atoms with Gasteiger partial charge in [-0.25, -0.2) is 9.67 Å². The van der Waals surface area contributed by atoms with Gasteiger partial charge in [-0.2, -0.15) is 0 Å². The molecule has 1 aromatic carbocycles. The van der Waals surface area contributed by atoms with E-state index < -0.39 is 0 Å². The van der Waals surface area contributed by atoms with Gasteiger partial charge in [0.2, 0.25) is 5.91 Å². The van der Waals surface area contributed by atoms with Gasteiger partial charge in [-0.15, -0.1) is 5.10 Å². The van der Waals surface area contributed by atoms with Gasteiger partial charge in [0, 0.05) is 25.6 Å². The molecule has 4 rings (SSSR count). The standard InChI is InChI=1S/C19H25N7O/c1-14(2)26-16-8-4-3-7-15(16)21-19(26)17-9-5-12-25(17)18(27)10-6-11-24-13-20-22-23-24/h3-4,7-8,13-14,17H,5-6,9-12H2,1-2H3. The molecule has 142 valence electrons. The van der Waals surface area contributed by atoms with Crippen LogP contribution in [-0.2, 0) is 11.3 Å². The first-order chi connectivity index (χ1) is 13.1. The molecule has 1 fully saturated rings. The number of carbonyl (C=O) groups is 1. The van der Waals surface area contributed by atoms with Gasteiger partial charge in [0.05, 0.1) is 17.1 Å². The summed E-state index contributed by atoms with van der Waals surface area (Å²) in [6, 6.07) is 8.57. The maximum absolute atomic E-state index is 12.9. The van der Waals surface area contributed by atoms with Gasteiger partial charge in [-0.3, -0.25) is 4.79 Å². The Morgan fingerprint density at radius 2 is 2.15 bits per heavy atom. The van der Waals surface area contributed by atoms with Crippen molar-refractivity contribution in [1.29, 1.82) is 0 Å². The van der Waals surface area contributed by atoms with Crippen LogP contribution in [0.25, 0.3) is 11.0 Å². The molecule has 0 aliphatic carbocycles. The van der Waals surface area contributed by atoms with Gasteiger partial charge < -0.3 is 9.47 Å². The highest BCUT2D eigenvalue weighted by molar-refractivity contribution is 5.78. The van der Waals surface area contributed by atoms with E-state index in [4.69, 9.17) is 4.98 Å². The first-order valence-corrected chi connectivity index (χ1v) is 9.62. The highest BCUT2D eigenvalue weighted by atomic mass is 16.2. The average Bonchev–Trinajstić information content (AvgIpc) is 3.39. The van der Waals surface area contributed by atoms with E-state index in [2.05, 4.69) is 40.0 Å². The van der Waals surface area contributed by atoms with Crippen LogP contribution in [-0.4, -0.2) is 47.1 Å². The van der Waals surface area contributed by atoms with Gasteiger partial charge in [0.25, 0.3) is 0 Å². The lowest BCUT2D eigenvalue weighted by atomic mass is 10.1. The van der Waals surface area contributed by atoms with Crippen molar-refractivity contribution in [2.75, 3.05) is 6.54 Å². The molecule has 0 N–H and O–H groups in total. The molecule has 0 spiro atoms. The van der Waals surface area contributed by atoms with E-state index in [0.29, 0.717) is 19.0 Å². The summed E-state index contributed by atoms with van der Waals surface area (Å²) in [5.74, 6) is 1.20. The third kappa shape index (κ3) is 3.43. The summed E-state index contributed by atoms with van der Waals surface area (Å²) >= 11 is 0. The number of hydrogen-bond acceptors (Lipinski definition) is 5. The van der Waals surface area contributed by atoms with E-state index in [-0.39, 0.29) is 11.9 Å². The third-order valence-corrected chi connectivity index (χ3v) is 5.18. The van der Waals surface area contributed by atoms with Crippen LogP contribution in [0.5, 0.6) is 0 Å². The number of carbonyl (C=O) groups excluding carboxylic acids is 1. The second-order valence-electron chi connectivity index (χ2n) is 7.34. The summed E-state index contributed by atoms with van der Waals surface area (Å²) < 4.78 is 3.94. The zero-order chi connectivity index (χ0) is 18.8. The lowest BCUT2D eigenvalue weighted by molar-refractivity contribution is -0.132. The van der Waals surface area contributed by atoms with E-state index in [0.717, 1.165) is 42.7 Å². The summed E-state index contributed by atoms with van der Waals surface area (Å²) in [7, 11) is 0. The average molecular weight is 367 g/mol. The van der Waals surface area contributed by atoms with Crippen LogP contribution >= 0.6 is 0 Å². The number of hydrogen-bond donors (Lipinski definition) is 0. The Hall–Kier alpha value is -2.77. The summed E-state index contributed by atoms with van der Waals surface area (Å²) in [6.45, 7) is 5.80. The molecule has 1 amide bonds. The molecule has 0 radical (unpaired) electrons. The summed E-state index contributed by atoms with van der Waals surface area (Å²) in [5, 5.41) is 11.1. The lowest BCUT2D eigenvalue weighted by Crippen LogP contribution is -2.32. The lowest BCUT2D eigenvalue weighted by Gasteiger charge is -2.26. The Bertz CT molecular complexity index is 915. The molecule has 3 heterocycles. The number of rotatable bonds is 6. The number of benzene rings is 1. The smallest absolute Gasteiger partial charge is 0.223 e. The topological polar surface area (TPSA) is 81.7 Å². The number of aromatic nitrogens is 6. The number of fused-ring (bicyclic) bond motifs is 1. The molecule has 0 bridgehead atoms. The van der Waals surface area contributed by atoms with E-state index in [1.54, 1.807) is 11.0 Å². The molecular formula is C19H25N7O. The van der Waals surface area contributed by atoms with Crippen LogP contribution in [0.4, 0.5) is 0 Å². The molecule has 1 aliphatic rings. The highest BCUT2D eigenvalue weighted by Crippen LogP contribution is 2.35. The van der Waals surface area contributed by atoms with Crippen molar-refractivity contribution >= 4 is 16.9 Å². The first-order valence-electron chi connectivity index (χ1n) is 9.62. The van der Waals surface area contributed by atoms with Crippen molar-refractivity contribution in [1.82, 2.24) is 34.7 Å². The fourth-order valence-electron chi connectivity index (χ4n) is 3.99. The van der Waals surface area contributed by atoms with Crippen LogP contribution in [0.15, 0.2) is 30.6 Å². The van der Waals surface area contributed by atoms with Crippen LogP contribution in [0.2, 0.25) is 0 Å². The minimum Gasteiger partial charge on any atom is -0.333 e. The molecule has 1 unspecified atom stereocenters. The Labute approximate surface area is 158 Å². The highest BCUT2D eigenvalue weighted by Gasteiger charge is 2.33. The largest absolute Gasteiger partial charge is 0.333 e. The summed E-state index contributed by atoms with van der Waals surface area (Å²) in [6.07, 6.45) is 4.79. The number of aryl methyl sites for hydroxylation is 1. The van der Waals surface area contributed by atoms with Crippen LogP contribution in [0, 0.1) is 0 Å². The Morgan fingerprint density at radius 1 is 1.30 bits per heavy atom. The molecule has 8 heteroatoms. The van der Waals surface area contributed by atoms with E-state index in [9.17, 15) is 4.79 Å². The number of nitrogens with zero attached hydrogens (tertiary/aromatic N) is 7. The number of amides is 1. The maximum Gasteiger partial charge on any atom is 0.223 e. The zero-order valence-corrected chi connectivity index (χ0v) is 15.8. The molecule has 1 saturated heterocycles. The van der Waals surface area contributed by atoms with Crippen molar-refractivity contribution in [2.24, 2.45) is 0 Å². The van der Waals surface area contributed by atoms with Gasteiger partial charge >= 0.3 is 0 Å². The van der Waals surface area contributed by atoms with E-state index in [1.165, 1.54) is 0 Å². The minimum absolute atomic E-state index is 0.0559. The maximum atomic E-state index is 12.9. The quantitative estimate of drug-likeness (QED) is 0.669. The fraction of sp³-hybridized carbons (Fsp3) is 0.526. The van der Waals surface area contributed by atoms with Crippen molar-refractivity contribution in [3.8, 4) is 0 Å². The van der Waals surface area contributed by atoms with Crippen molar-refractivity contribution < 1.29 is 4.79 Å². The number of tetrazole rings is 1. The summed E-state index contributed by atoms with van der Waals surface area (Å²) in [4.78, 5) is 19.8. The minimum atomic E-state index is 0.0559. The third-order valence-electron chi connectivity index (χ3n) is 5.18. The Kier molecular flexibility index (Phi) is 4.87. The normalized spacial score (nSPS) is 17.3. The van der Waals surface area contributed by atoms with Crippen molar-refractivity contribution in [3.63, 3.8) is 0 Å². The van der Waals surface area contributed by atoms with E-state index >= 15 is 0 Å². The van der Waals surface area contributed by atoms with Gasteiger partial charge in [0.1, 0.15) is 12.2 Å². The number of imidazole rings is 1. The van der Waals surface area contributed by atoms with Crippen LogP contribution in [0.1, 0.15) is 57.4 Å². The van der Waals surface area contributed by atoms with Gasteiger partial charge in [0.15, 0.2) is 0 Å². The fourth-order valence-corrected chi connectivity index (χ4v) is 3.99. The Morgan fingerprint density at radius 3 is 2.93 bits per heavy atom. The molecule has 1 atom stereocenters. The molecule has 0 saturated carbocycles. The Balaban J connectivity index is 1.53. The molecule has 2 aromatic heterocycles. The molecular weight excluding hydrogens is 342 g/mol. The van der Waals surface area contributed by atoms with Gasteiger partial charge in [-0.1, -0.05) is 12.1 Å². The first kappa shape index (κ1) is 17.6. The second kappa shape index (κ2) is 7.46. The molecule has 8 nitrogen and oxygen atoms in total. The second-order valence-corrected chi connectivity index (χ2v) is 7.34. The number of likely N-dealkylation sites (tertiary alicyclic amines) is 1. The SMILES string of the molecule is CC(C)n1c(C2CCCN2C(=O)CCCn2cnnn2)nc2ccccc21. The molecule has 3 aromatic rings. The summed E-state index contributed by atoms with van der Waals surface area (Å²) in [5.41, 5.74) is 2.14. The molecule has 27 heavy (non-hydrogen) atoms. The monoisotopic (exact) mass is 367 g/mol. The number of para-hydroxylation sites is 2. The zero-order valence-electron chi connectivity index (χ0n) is 15.8. The van der Waals surface area contributed by atoms with Crippen molar-refractivity contribution in [3.05, 3.63) is 36.4 Å². The van der Waals surface area contributed by atoms with E-state index in [1.807, 2.05) is 23.1 Å². The predicted octanol–water partition coefficient (Wildman–Crippen LogP) is 2.75. The van der Waals surface area contributed by atoms with Gasteiger partial charge in [-0.05, 0) is 55.7 Å². The molecule has 1 aliphatic heterocycles. The predicted molar refractivity (Wildman–Crippen MR) is 101 cm³/mol. The van der Waals surface area contributed by atoms with Crippen LogP contribution < -0.4 is 0 Å².